The molecule has 0 saturated carbocycles. The van der Waals surface area contributed by atoms with Crippen LogP contribution in [-0.2, 0) is 51.1 Å². The normalized spacial score (nSPS) is 19.4. The lowest BCUT2D eigenvalue weighted by Crippen LogP contribution is -2.44. The molecule has 3 atom stereocenters. The van der Waals surface area contributed by atoms with Crippen molar-refractivity contribution in [3.05, 3.63) is 225 Å². The predicted octanol–water partition coefficient (Wildman–Crippen LogP) is 25.5. The Morgan fingerprint density at radius 2 is 0.646 bits per heavy atom. The van der Waals surface area contributed by atoms with E-state index in [1.54, 1.807) is 11.6 Å². The third-order valence-electron chi connectivity index (χ3n) is 24.7. The number of nitrogens with one attached hydrogen (secondary N) is 6. The fourth-order valence-electron chi connectivity index (χ4n) is 18.5. The summed E-state index contributed by atoms with van der Waals surface area (Å²) in [5.41, 5.74) is 18.5. The number of anilines is 3. The average molecular weight is 1750 g/mol. The smallest absolute Gasteiger partial charge is 0.418 e. The van der Waals surface area contributed by atoms with Gasteiger partial charge >= 0.3 is 6.18 Å². The molecule has 0 bridgehead atoms. The number of likely N-dealkylation sites (tertiary alicyclic amines) is 3. The van der Waals surface area contributed by atoms with Crippen LogP contribution in [0.4, 0.5) is 30.2 Å². The van der Waals surface area contributed by atoms with Crippen molar-refractivity contribution < 1.29 is 17.9 Å². The van der Waals surface area contributed by atoms with Crippen molar-refractivity contribution in [3.63, 3.8) is 0 Å². The molecule has 6 N–H and O–H groups in total. The first-order valence-electron chi connectivity index (χ1n) is 49.1. The molecule has 7 aromatic carbocycles. The lowest BCUT2D eigenvalue weighted by Gasteiger charge is -2.32. The Labute approximate surface area is 773 Å². The largest absolute Gasteiger partial charge is 0.489 e. The topological polar surface area (TPSA) is 94.4 Å². The quantitative estimate of drug-likeness (QED) is 0.0527. The Kier molecular flexibility index (Phi) is 41.3. The Morgan fingerprint density at radius 1 is 0.315 bits per heavy atom. The number of hydrogen-bond donors (Lipinski definition) is 6. The Balaban J connectivity index is 0.000000183. The standard InChI is InChI=1S/C17H28N2.C17H27N.C16H23F3N2.C16H26N2.2C16H25N.C15H23NO/c1-17(2,3)13-14-5-7-15(8-6-14)18-16-9-11-19(4)12-10-16;1-17(2,3)13-14-5-7-15(8-6-14)16-9-11-18(4)12-10-16;1-15(2,3)11-12-4-5-14(13(10-12)16(17,18)19)21-8-6-20-7-9-21;1-16(2,3)11-13-5-7-14(8-6-13)17-15-9-10-18(4)12-15;1-16(2,3)12-13-4-6-14(7-5-13)15-8-10-17-11-9-15;1-16(2,3)11-13-6-8-14(9-7-13)15-5-4-10-17-12-15;1-15(2,3)10-12-4-6-13(7-5-12)17-14-8-9-16-11-14/h5-8,16,18H,9-13H2,1-4H3;5-8,16H,9-13H2,1-4H3;4-5,10,20H,6-9,11H2,1-3H3;5-8,15,17H,9-12H2,1-4H3;4-7,15,17H,8-12H2,1-3H3;6-9,15,17H,4-5,10-12H2,1-3H3;4-7,14,16H,8-11H2,1-3H3. The van der Waals surface area contributed by atoms with Crippen LogP contribution < -0.4 is 41.5 Å². The third kappa shape index (κ3) is 43.0. The molecule has 14 heteroatoms. The van der Waals surface area contributed by atoms with E-state index in [9.17, 15) is 13.2 Å². The van der Waals surface area contributed by atoms with Gasteiger partial charge in [-0.05, 0) is 349 Å². The van der Waals surface area contributed by atoms with Gasteiger partial charge in [-0.25, -0.2) is 0 Å². The molecule has 7 aliphatic rings. The van der Waals surface area contributed by atoms with Crippen molar-refractivity contribution in [1.29, 1.82) is 0 Å². The van der Waals surface area contributed by atoms with Crippen LogP contribution in [0.15, 0.2) is 164 Å². The van der Waals surface area contributed by atoms with Crippen molar-refractivity contribution in [2.45, 2.75) is 297 Å². The lowest BCUT2D eigenvalue weighted by atomic mass is 9.85. The molecule has 7 fully saturated rings. The summed E-state index contributed by atoms with van der Waals surface area (Å²) in [6, 6.07) is 60.6. The molecule has 11 nitrogen and oxygen atoms in total. The van der Waals surface area contributed by atoms with Crippen molar-refractivity contribution in [2.24, 2.45) is 37.9 Å². The molecule has 127 heavy (non-hydrogen) atoms. The van der Waals surface area contributed by atoms with E-state index in [0.29, 0.717) is 75.9 Å². The summed E-state index contributed by atoms with van der Waals surface area (Å²) < 4.78 is 46.0. The van der Waals surface area contributed by atoms with Gasteiger partial charge < -0.3 is 56.2 Å². The van der Waals surface area contributed by atoms with Gasteiger partial charge in [-0.3, -0.25) is 0 Å². The number of halogens is 3. The molecule has 7 heterocycles. The number of rotatable bonds is 17. The minimum absolute atomic E-state index is 0.0283. The molecule has 7 aromatic rings. The van der Waals surface area contributed by atoms with Crippen LogP contribution in [-0.4, -0.2) is 159 Å². The SMILES string of the molecule is CC(C)(C)Cc1ccc(C2CCCNC2)cc1.CC(C)(C)Cc1ccc(C2CCNCC2)cc1.CC(C)(C)Cc1ccc(N2CCNCC2)c(C(F)(F)F)c1.CC(C)(C)Cc1ccc(OC2CCNC2)cc1.CN1CCC(Nc2ccc(CC(C)(C)C)cc2)C1.CN1CCC(Nc2ccc(CC(C)(C)C)cc2)CC1.CN1CCC(c2ccc(CC(C)(C)C)cc2)CC1. The predicted molar refractivity (Wildman–Crippen MR) is 542 cm³/mol. The number of benzene rings is 7. The fourth-order valence-corrected chi connectivity index (χ4v) is 18.5. The first kappa shape index (κ1) is 106. The number of likely N-dealkylation sites (N-methyl/N-ethyl adjacent to an activating group) is 1. The molecule has 0 aromatic heterocycles. The van der Waals surface area contributed by atoms with Crippen LogP contribution in [0, 0.1) is 37.9 Å². The number of nitrogens with zero attached hydrogens (tertiary/aromatic N) is 4. The van der Waals surface area contributed by atoms with Crippen LogP contribution in [0.5, 0.6) is 5.75 Å². The molecule has 706 valence electrons. The summed E-state index contributed by atoms with van der Waals surface area (Å²) in [6.07, 6.45) is 16.3. The van der Waals surface area contributed by atoms with E-state index >= 15 is 0 Å². The summed E-state index contributed by atoms with van der Waals surface area (Å²) in [7, 11) is 6.62. The maximum absolute atomic E-state index is 13.4. The fraction of sp³-hybridized carbons (Fsp3) is 0.628. The highest BCUT2D eigenvalue weighted by atomic mass is 19.4. The van der Waals surface area contributed by atoms with Gasteiger partial charge in [0, 0.05) is 75.0 Å². The van der Waals surface area contributed by atoms with E-state index in [-0.39, 0.29) is 5.41 Å². The van der Waals surface area contributed by atoms with Crippen molar-refractivity contribution in [1.82, 2.24) is 36.0 Å². The van der Waals surface area contributed by atoms with Gasteiger partial charge in [0.15, 0.2) is 0 Å². The Bertz CT molecular complexity index is 4090. The average Bonchev–Trinajstić information content (AvgIpc) is 1.05. The number of ether oxygens (including phenoxy) is 1. The maximum atomic E-state index is 13.4. The van der Waals surface area contributed by atoms with Gasteiger partial charge in [0.1, 0.15) is 11.9 Å². The van der Waals surface area contributed by atoms with Crippen molar-refractivity contribution in [2.75, 3.05) is 141 Å². The minimum atomic E-state index is -4.31. The van der Waals surface area contributed by atoms with Gasteiger partial charge in [-0.15, -0.1) is 0 Å². The van der Waals surface area contributed by atoms with E-state index in [2.05, 4.69) is 338 Å². The molecular formula is C113H177F3N10O. The number of piperazine rings is 1. The van der Waals surface area contributed by atoms with Gasteiger partial charge in [0.2, 0.25) is 0 Å². The Morgan fingerprint density at radius 3 is 1.02 bits per heavy atom. The van der Waals surface area contributed by atoms with Crippen LogP contribution in [0.3, 0.4) is 0 Å². The summed E-state index contributed by atoms with van der Waals surface area (Å²) in [4.78, 5) is 9.04. The lowest BCUT2D eigenvalue weighted by molar-refractivity contribution is -0.137. The van der Waals surface area contributed by atoms with E-state index < -0.39 is 11.7 Å². The second kappa shape index (κ2) is 49.7. The highest BCUT2D eigenvalue weighted by molar-refractivity contribution is 5.57. The van der Waals surface area contributed by atoms with E-state index in [1.165, 1.54) is 185 Å². The van der Waals surface area contributed by atoms with Crippen LogP contribution in [0.1, 0.15) is 289 Å². The molecular weight excluding hydrogens is 1570 g/mol. The number of alkyl halides is 3. The summed E-state index contributed by atoms with van der Waals surface area (Å²) >= 11 is 0. The summed E-state index contributed by atoms with van der Waals surface area (Å²) in [5, 5.41) is 20.7. The van der Waals surface area contributed by atoms with Gasteiger partial charge in [-0.1, -0.05) is 261 Å². The third-order valence-corrected chi connectivity index (χ3v) is 24.7. The van der Waals surface area contributed by atoms with Crippen LogP contribution in [0.25, 0.3) is 0 Å². The van der Waals surface area contributed by atoms with E-state index in [1.807, 2.05) is 31.7 Å². The van der Waals surface area contributed by atoms with Crippen molar-refractivity contribution >= 4 is 17.1 Å². The zero-order valence-corrected chi connectivity index (χ0v) is 84.2. The molecule has 0 amide bonds. The molecule has 0 radical (unpaired) electrons. The molecule has 0 aliphatic carbocycles. The molecule has 14 rings (SSSR count). The van der Waals surface area contributed by atoms with Gasteiger partial charge in [-0.2, -0.15) is 13.2 Å². The molecule has 0 spiro atoms. The second-order valence-electron chi connectivity index (χ2n) is 47.0. The number of piperidine rings is 4. The van der Waals surface area contributed by atoms with E-state index in [0.717, 1.165) is 100 Å². The minimum Gasteiger partial charge on any atom is -0.489 e. The molecule has 7 aliphatic heterocycles. The summed E-state index contributed by atoms with van der Waals surface area (Å²) in [6.45, 7) is 64.0. The molecule has 7 saturated heterocycles. The first-order valence-corrected chi connectivity index (χ1v) is 49.1. The summed E-state index contributed by atoms with van der Waals surface area (Å²) in [5.74, 6) is 3.29. The highest BCUT2D eigenvalue weighted by Gasteiger charge is 2.36. The monoisotopic (exact) mass is 1750 g/mol. The Hall–Kier alpha value is -6.75. The second-order valence-corrected chi connectivity index (χ2v) is 47.0. The van der Waals surface area contributed by atoms with Crippen molar-refractivity contribution in [3.8, 4) is 5.75 Å². The maximum Gasteiger partial charge on any atom is 0.418 e. The number of hydrogen-bond acceptors (Lipinski definition) is 11. The van der Waals surface area contributed by atoms with Crippen LogP contribution >= 0.6 is 0 Å². The van der Waals surface area contributed by atoms with Crippen LogP contribution in [0.2, 0.25) is 0 Å². The van der Waals surface area contributed by atoms with Gasteiger partial charge in [0.25, 0.3) is 0 Å². The highest BCUT2D eigenvalue weighted by Crippen LogP contribution is 2.40. The first-order chi connectivity index (χ1) is 59.6. The zero-order valence-electron chi connectivity index (χ0n) is 84.2. The van der Waals surface area contributed by atoms with E-state index in [4.69, 9.17) is 4.74 Å². The van der Waals surface area contributed by atoms with Gasteiger partial charge in [0.05, 0.1) is 5.56 Å². The zero-order chi connectivity index (χ0) is 92.8. The molecule has 3 unspecified atom stereocenters.